The summed E-state index contributed by atoms with van der Waals surface area (Å²) in [7, 11) is 6.22. The van der Waals surface area contributed by atoms with Gasteiger partial charge in [0, 0.05) is 39.3 Å². The van der Waals surface area contributed by atoms with Crippen LogP contribution >= 0.6 is 24.0 Å². The molecule has 2 rings (SSSR count). The summed E-state index contributed by atoms with van der Waals surface area (Å²) in [5, 5.41) is 6.98. The van der Waals surface area contributed by atoms with Crippen LogP contribution in [0.1, 0.15) is 31.0 Å². The van der Waals surface area contributed by atoms with Gasteiger partial charge in [-0.05, 0) is 38.6 Å². The maximum absolute atomic E-state index is 4.38. The summed E-state index contributed by atoms with van der Waals surface area (Å²) < 4.78 is 0. The minimum absolute atomic E-state index is 0. The Hall–Kier alpha value is -0.860. The van der Waals surface area contributed by atoms with E-state index < -0.39 is 0 Å². The lowest BCUT2D eigenvalue weighted by Gasteiger charge is -2.38. The number of benzene rings is 1. The van der Waals surface area contributed by atoms with Gasteiger partial charge in [0.15, 0.2) is 5.96 Å². The lowest BCUT2D eigenvalue weighted by atomic mass is 10.1. The highest BCUT2D eigenvalue weighted by atomic mass is 127. The van der Waals surface area contributed by atoms with Gasteiger partial charge in [0.2, 0.25) is 0 Å². The summed E-state index contributed by atoms with van der Waals surface area (Å²) >= 11 is 0. The molecule has 0 bridgehead atoms. The van der Waals surface area contributed by atoms with Gasteiger partial charge < -0.3 is 15.5 Å². The Morgan fingerprint density at radius 1 is 1.24 bits per heavy atom. The molecular weight excluding hydrogens is 425 g/mol. The summed E-state index contributed by atoms with van der Waals surface area (Å²) in [6, 6.07) is 9.56. The van der Waals surface area contributed by atoms with Gasteiger partial charge >= 0.3 is 0 Å². The third kappa shape index (κ3) is 6.75. The first kappa shape index (κ1) is 22.2. The van der Waals surface area contributed by atoms with Crippen LogP contribution < -0.4 is 10.6 Å². The highest BCUT2D eigenvalue weighted by Crippen LogP contribution is 2.13. The Balaban J connectivity index is 0.00000312. The zero-order valence-electron chi connectivity index (χ0n) is 16.2. The number of piperazine rings is 1. The number of aliphatic imine (C=N–C) groups is 1. The second-order valence-electron chi connectivity index (χ2n) is 6.81. The van der Waals surface area contributed by atoms with Crippen LogP contribution in [0.5, 0.6) is 0 Å². The van der Waals surface area contributed by atoms with Crippen molar-refractivity contribution in [2.24, 2.45) is 4.99 Å². The zero-order valence-corrected chi connectivity index (χ0v) is 18.6. The molecule has 0 amide bonds. The summed E-state index contributed by atoms with van der Waals surface area (Å²) in [5.74, 6) is 0.865. The molecule has 0 aliphatic carbocycles. The van der Waals surface area contributed by atoms with E-state index in [1.54, 1.807) is 0 Å². The molecule has 0 radical (unpaired) electrons. The molecule has 0 aromatic heterocycles. The molecule has 2 unspecified atom stereocenters. The van der Waals surface area contributed by atoms with E-state index in [-0.39, 0.29) is 30.0 Å². The standard InChI is InChI=1S/C19H33N5.HI/c1-6-16-7-9-17(10-8-16)15(2)22-19(20-3)21-13-18-14-23(4)11-12-24(18)5;/h7-10,15,18H,6,11-14H2,1-5H3,(H2,20,21,22);1H. The highest BCUT2D eigenvalue weighted by Gasteiger charge is 2.22. The van der Waals surface area contributed by atoms with Crippen LogP contribution in [0.25, 0.3) is 0 Å². The summed E-state index contributed by atoms with van der Waals surface area (Å²) in [5.41, 5.74) is 2.66. The highest BCUT2D eigenvalue weighted by molar-refractivity contribution is 14.0. The van der Waals surface area contributed by atoms with Crippen molar-refractivity contribution in [3.63, 3.8) is 0 Å². The van der Waals surface area contributed by atoms with Gasteiger partial charge in [-0.25, -0.2) is 0 Å². The van der Waals surface area contributed by atoms with Crippen molar-refractivity contribution >= 4 is 29.9 Å². The van der Waals surface area contributed by atoms with Gasteiger partial charge in [0.25, 0.3) is 0 Å². The predicted molar refractivity (Wildman–Crippen MR) is 118 cm³/mol. The average molecular weight is 459 g/mol. The van der Waals surface area contributed by atoms with Crippen LogP contribution in [0.4, 0.5) is 0 Å². The molecule has 0 saturated carbocycles. The zero-order chi connectivity index (χ0) is 17.5. The molecule has 1 heterocycles. The summed E-state index contributed by atoms with van der Waals surface area (Å²) in [6.07, 6.45) is 1.08. The topological polar surface area (TPSA) is 42.9 Å². The van der Waals surface area contributed by atoms with Gasteiger partial charge in [-0.2, -0.15) is 0 Å². The summed E-state index contributed by atoms with van der Waals surface area (Å²) in [6.45, 7) is 8.62. The third-order valence-electron chi connectivity index (χ3n) is 4.95. The number of rotatable bonds is 5. The first-order valence-electron chi connectivity index (χ1n) is 8.98. The SMILES string of the molecule is CCc1ccc(C(C)NC(=NC)NCC2CN(C)CCN2C)cc1.I. The smallest absolute Gasteiger partial charge is 0.191 e. The molecule has 1 aromatic rings. The van der Waals surface area contributed by atoms with Crippen molar-refractivity contribution in [2.45, 2.75) is 32.4 Å². The minimum atomic E-state index is 0. The fraction of sp³-hybridized carbons (Fsp3) is 0.632. The average Bonchev–Trinajstić information content (AvgIpc) is 2.61. The van der Waals surface area contributed by atoms with E-state index in [4.69, 9.17) is 0 Å². The molecule has 1 aliphatic rings. The van der Waals surface area contributed by atoms with Crippen molar-refractivity contribution in [1.82, 2.24) is 20.4 Å². The minimum Gasteiger partial charge on any atom is -0.355 e. The number of aryl methyl sites for hydroxylation is 1. The predicted octanol–water partition coefficient (Wildman–Crippen LogP) is 2.34. The molecule has 1 aromatic carbocycles. The van der Waals surface area contributed by atoms with E-state index in [0.717, 1.165) is 38.6 Å². The molecule has 5 nitrogen and oxygen atoms in total. The van der Waals surface area contributed by atoms with Crippen LogP contribution in [0.3, 0.4) is 0 Å². The van der Waals surface area contributed by atoms with Crippen molar-refractivity contribution in [1.29, 1.82) is 0 Å². The molecule has 1 aliphatic heterocycles. The van der Waals surface area contributed by atoms with Crippen LogP contribution in [0.15, 0.2) is 29.3 Å². The van der Waals surface area contributed by atoms with Crippen LogP contribution in [0.2, 0.25) is 0 Å². The number of nitrogens with zero attached hydrogens (tertiary/aromatic N) is 3. The lowest BCUT2D eigenvalue weighted by molar-refractivity contribution is 0.116. The van der Waals surface area contributed by atoms with Crippen LogP contribution in [-0.4, -0.2) is 69.1 Å². The molecule has 0 spiro atoms. The van der Waals surface area contributed by atoms with Crippen LogP contribution in [-0.2, 0) is 6.42 Å². The van der Waals surface area contributed by atoms with Gasteiger partial charge in [-0.1, -0.05) is 31.2 Å². The Labute approximate surface area is 170 Å². The quantitative estimate of drug-likeness (QED) is 0.403. The second kappa shape index (κ2) is 11.0. The fourth-order valence-electron chi connectivity index (χ4n) is 3.06. The largest absolute Gasteiger partial charge is 0.355 e. The van der Waals surface area contributed by atoms with Gasteiger partial charge in [-0.15, -0.1) is 24.0 Å². The molecule has 1 fully saturated rings. The first-order chi connectivity index (χ1) is 11.5. The first-order valence-corrected chi connectivity index (χ1v) is 8.98. The Bertz CT molecular complexity index is 531. The van der Waals surface area contributed by atoms with Crippen molar-refractivity contribution < 1.29 is 0 Å². The van der Waals surface area contributed by atoms with Crippen molar-refractivity contribution in [3.8, 4) is 0 Å². The number of halogens is 1. The fourth-order valence-corrected chi connectivity index (χ4v) is 3.06. The maximum Gasteiger partial charge on any atom is 0.191 e. The van der Waals surface area contributed by atoms with E-state index in [9.17, 15) is 0 Å². The van der Waals surface area contributed by atoms with Crippen molar-refractivity contribution in [2.75, 3.05) is 47.3 Å². The van der Waals surface area contributed by atoms with E-state index in [0.29, 0.717) is 6.04 Å². The molecule has 1 saturated heterocycles. The molecule has 2 N–H and O–H groups in total. The van der Waals surface area contributed by atoms with Gasteiger partial charge in [0.05, 0.1) is 6.04 Å². The molecule has 25 heavy (non-hydrogen) atoms. The Kier molecular flexibility index (Phi) is 9.74. The normalized spacial score (nSPS) is 20.7. The van der Waals surface area contributed by atoms with E-state index in [1.807, 2.05) is 7.05 Å². The van der Waals surface area contributed by atoms with Crippen LogP contribution in [0, 0.1) is 0 Å². The Morgan fingerprint density at radius 2 is 1.92 bits per heavy atom. The maximum atomic E-state index is 4.38. The summed E-state index contributed by atoms with van der Waals surface area (Å²) in [4.78, 5) is 9.19. The number of hydrogen-bond acceptors (Lipinski definition) is 3. The molecule has 6 heteroatoms. The molecule has 2 atom stereocenters. The number of likely N-dealkylation sites (N-methyl/N-ethyl adjacent to an activating group) is 2. The Morgan fingerprint density at radius 3 is 2.52 bits per heavy atom. The van der Waals surface area contributed by atoms with Gasteiger partial charge in [-0.3, -0.25) is 9.89 Å². The van der Waals surface area contributed by atoms with E-state index in [2.05, 4.69) is 77.6 Å². The number of hydrogen-bond donors (Lipinski definition) is 2. The monoisotopic (exact) mass is 459 g/mol. The third-order valence-corrected chi connectivity index (χ3v) is 4.95. The van der Waals surface area contributed by atoms with E-state index >= 15 is 0 Å². The number of nitrogens with one attached hydrogen (secondary N) is 2. The lowest BCUT2D eigenvalue weighted by Crippen LogP contribution is -2.55. The molecular formula is C19H34IN5. The van der Waals surface area contributed by atoms with Gasteiger partial charge in [0.1, 0.15) is 0 Å². The molecule has 142 valence electrons. The second-order valence-corrected chi connectivity index (χ2v) is 6.81. The number of guanidine groups is 1. The van der Waals surface area contributed by atoms with E-state index in [1.165, 1.54) is 11.1 Å². The van der Waals surface area contributed by atoms with Crippen molar-refractivity contribution in [3.05, 3.63) is 35.4 Å².